The molecule has 2 aromatic carbocycles. The first-order valence-corrected chi connectivity index (χ1v) is 10.0. The van der Waals surface area contributed by atoms with Gasteiger partial charge in [0, 0.05) is 32.4 Å². The van der Waals surface area contributed by atoms with Crippen molar-refractivity contribution in [2.75, 3.05) is 36.4 Å². The number of hydrogen-bond acceptors (Lipinski definition) is 5. The number of amides is 1. The molecule has 2 heterocycles. The monoisotopic (exact) mass is 427 g/mol. The molecule has 3 aromatic rings. The molecule has 1 N–H and O–H groups in total. The molecule has 8 heteroatoms. The maximum Gasteiger partial charge on any atom is 0.255 e. The van der Waals surface area contributed by atoms with Gasteiger partial charge in [0.1, 0.15) is 5.82 Å². The minimum atomic E-state index is -0.0506. The normalized spacial score (nSPS) is 14.0. The first-order valence-electron chi connectivity index (χ1n) is 9.25. The first kappa shape index (κ1) is 19.5. The van der Waals surface area contributed by atoms with Gasteiger partial charge in [-0.3, -0.25) is 4.79 Å². The van der Waals surface area contributed by atoms with Gasteiger partial charge in [0.2, 0.25) is 5.95 Å². The van der Waals surface area contributed by atoms with Crippen LogP contribution in [0.1, 0.15) is 10.4 Å². The topological polar surface area (TPSA) is 61.4 Å². The maximum atomic E-state index is 12.7. The largest absolute Gasteiger partial charge is 0.339 e. The van der Waals surface area contributed by atoms with E-state index in [0.717, 1.165) is 5.69 Å². The Labute approximate surface area is 179 Å². The minimum Gasteiger partial charge on any atom is -0.339 e. The molecular weight excluding hydrogens is 409 g/mol. The van der Waals surface area contributed by atoms with Crippen LogP contribution in [0, 0.1) is 0 Å². The number of piperazine rings is 1. The number of halogens is 2. The van der Waals surface area contributed by atoms with Crippen LogP contribution in [0.15, 0.2) is 60.8 Å². The molecule has 0 aliphatic carbocycles. The van der Waals surface area contributed by atoms with Gasteiger partial charge in [-0.2, -0.15) is 4.98 Å². The number of carbonyl (C=O) groups excluding carboxylic acids is 1. The van der Waals surface area contributed by atoms with E-state index in [1.807, 2.05) is 41.3 Å². The summed E-state index contributed by atoms with van der Waals surface area (Å²) in [4.78, 5) is 25.6. The summed E-state index contributed by atoms with van der Waals surface area (Å²) in [7, 11) is 0. The zero-order valence-corrected chi connectivity index (χ0v) is 17.1. The number of benzene rings is 2. The highest BCUT2D eigenvalue weighted by atomic mass is 35.5. The van der Waals surface area contributed by atoms with E-state index in [1.165, 1.54) is 0 Å². The summed E-state index contributed by atoms with van der Waals surface area (Å²) in [5.41, 5.74) is 1.32. The van der Waals surface area contributed by atoms with Crippen LogP contribution in [0.25, 0.3) is 0 Å². The van der Waals surface area contributed by atoms with Crippen molar-refractivity contribution in [2.45, 2.75) is 0 Å². The Morgan fingerprint density at radius 2 is 1.59 bits per heavy atom. The Morgan fingerprint density at radius 1 is 0.897 bits per heavy atom. The molecule has 1 aliphatic heterocycles. The number of carbonyl (C=O) groups is 1. The van der Waals surface area contributed by atoms with E-state index in [2.05, 4.69) is 20.2 Å². The van der Waals surface area contributed by atoms with Crippen molar-refractivity contribution >= 4 is 46.6 Å². The van der Waals surface area contributed by atoms with Gasteiger partial charge in [-0.15, -0.1) is 0 Å². The fourth-order valence-corrected chi connectivity index (χ4v) is 3.59. The van der Waals surface area contributed by atoms with Crippen molar-refractivity contribution in [1.82, 2.24) is 14.9 Å². The molecule has 4 rings (SSSR count). The lowest BCUT2D eigenvalue weighted by molar-refractivity contribution is 0.0746. The van der Waals surface area contributed by atoms with Crippen molar-refractivity contribution in [3.63, 3.8) is 0 Å². The van der Waals surface area contributed by atoms with E-state index < -0.39 is 0 Å². The summed E-state index contributed by atoms with van der Waals surface area (Å²) in [6, 6.07) is 16.4. The third-order valence-electron chi connectivity index (χ3n) is 4.73. The molecule has 1 amide bonds. The Kier molecular flexibility index (Phi) is 5.83. The van der Waals surface area contributed by atoms with Gasteiger partial charge in [-0.25, -0.2) is 4.98 Å². The Hall–Kier alpha value is -2.83. The van der Waals surface area contributed by atoms with Crippen molar-refractivity contribution in [1.29, 1.82) is 0 Å². The zero-order chi connectivity index (χ0) is 20.2. The number of rotatable bonds is 4. The molecule has 1 saturated heterocycles. The van der Waals surface area contributed by atoms with Crippen LogP contribution in [0.4, 0.5) is 17.5 Å². The molecule has 29 heavy (non-hydrogen) atoms. The molecule has 0 bridgehead atoms. The van der Waals surface area contributed by atoms with Crippen LogP contribution in [-0.4, -0.2) is 47.0 Å². The molecule has 0 radical (unpaired) electrons. The summed E-state index contributed by atoms with van der Waals surface area (Å²) >= 11 is 12.4. The van der Waals surface area contributed by atoms with Gasteiger partial charge < -0.3 is 15.1 Å². The van der Waals surface area contributed by atoms with Crippen molar-refractivity contribution < 1.29 is 4.79 Å². The zero-order valence-electron chi connectivity index (χ0n) is 15.6. The van der Waals surface area contributed by atoms with Gasteiger partial charge in [-0.1, -0.05) is 47.5 Å². The van der Waals surface area contributed by atoms with Gasteiger partial charge >= 0.3 is 0 Å². The number of nitrogens with one attached hydrogen (secondary N) is 1. The second-order valence-electron chi connectivity index (χ2n) is 6.61. The highest BCUT2D eigenvalue weighted by Crippen LogP contribution is 2.25. The fraction of sp³-hybridized carbons (Fsp3) is 0.190. The fourth-order valence-electron chi connectivity index (χ4n) is 3.19. The highest BCUT2D eigenvalue weighted by molar-refractivity contribution is 6.34. The molecule has 6 nitrogen and oxygen atoms in total. The number of nitrogens with zero attached hydrogens (tertiary/aromatic N) is 4. The van der Waals surface area contributed by atoms with Gasteiger partial charge in [0.05, 0.1) is 21.3 Å². The van der Waals surface area contributed by atoms with E-state index in [0.29, 0.717) is 53.6 Å². The molecule has 1 fully saturated rings. The molecule has 1 aliphatic rings. The van der Waals surface area contributed by atoms with E-state index in [9.17, 15) is 4.79 Å². The summed E-state index contributed by atoms with van der Waals surface area (Å²) in [6.07, 6.45) is 1.71. The lowest BCUT2D eigenvalue weighted by atomic mass is 10.2. The first-order chi connectivity index (χ1) is 14.1. The minimum absolute atomic E-state index is 0.0506. The molecule has 0 atom stereocenters. The van der Waals surface area contributed by atoms with Crippen molar-refractivity contribution in [2.24, 2.45) is 0 Å². The predicted octanol–water partition coefficient (Wildman–Crippen LogP) is 4.49. The number of para-hydroxylation sites is 1. The third kappa shape index (κ3) is 4.44. The van der Waals surface area contributed by atoms with Gasteiger partial charge in [0.15, 0.2) is 0 Å². The standard InChI is InChI=1S/C21H19Cl2N5O/c22-16-6-2-1-5-15(16)20(29)27-11-13-28(14-12-27)21-24-10-9-19(26-21)25-18-8-4-3-7-17(18)23/h1-10H,11-14H2,(H,24,25,26). The Balaban J connectivity index is 1.42. The van der Waals surface area contributed by atoms with E-state index in [1.54, 1.807) is 24.4 Å². The number of hydrogen-bond donors (Lipinski definition) is 1. The van der Waals surface area contributed by atoms with Gasteiger partial charge in [0.25, 0.3) is 5.91 Å². The molecule has 0 spiro atoms. The molecule has 148 valence electrons. The second-order valence-corrected chi connectivity index (χ2v) is 7.42. The van der Waals surface area contributed by atoms with Crippen molar-refractivity contribution in [3.05, 3.63) is 76.4 Å². The second kappa shape index (κ2) is 8.68. The van der Waals surface area contributed by atoms with Crippen LogP contribution in [0.3, 0.4) is 0 Å². The van der Waals surface area contributed by atoms with Crippen LogP contribution in [-0.2, 0) is 0 Å². The smallest absolute Gasteiger partial charge is 0.255 e. The SMILES string of the molecule is O=C(c1ccccc1Cl)N1CCN(c2nccc(Nc3ccccc3Cl)n2)CC1. The van der Waals surface area contributed by atoms with Crippen LogP contribution < -0.4 is 10.2 Å². The maximum absolute atomic E-state index is 12.7. The predicted molar refractivity (Wildman–Crippen MR) is 116 cm³/mol. The van der Waals surface area contributed by atoms with E-state index in [-0.39, 0.29) is 5.91 Å². The molecule has 1 aromatic heterocycles. The lowest BCUT2D eigenvalue weighted by Crippen LogP contribution is -2.49. The summed E-state index contributed by atoms with van der Waals surface area (Å²) in [6.45, 7) is 2.45. The Bertz CT molecular complexity index is 1020. The van der Waals surface area contributed by atoms with Crippen LogP contribution in [0.2, 0.25) is 10.0 Å². The Morgan fingerprint density at radius 3 is 2.31 bits per heavy atom. The molecule has 0 unspecified atom stereocenters. The number of anilines is 3. The van der Waals surface area contributed by atoms with E-state index in [4.69, 9.17) is 23.2 Å². The average Bonchev–Trinajstić information content (AvgIpc) is 2.76. The molecular formula is C21H19Cl2N5O. The van der Waals surface area contributed by atoms with Crippen LogP contribution in [0.5, 0.6) is 0 Å². The van der Waals surface area contributed by atoms with Crippen LogP contribution >= 0.6 is 23.2 Å². The summed E-state index contributed by atoms with van der Waals surface area (Å²) < 4.78 is 0. The summed E-state index contributed by atoms with van der Waals surface area (Å²) in [5, 5.41) is 4.32. The lowest BCUT2D eigenvalue weighted by Gasteiger charge is -2.35. The van der Waals surface area contributed by atoms with Crippen molar-refractivity contribution in [3.8, 4) is 0 Å². The highest BCUT2D eigenvalue weighted by Gasteiger charge is 2.24. The third-order valence-corrected chi connectivity index (χ3v) is 5.39. The molecule has 0 saturated carbocycles. The quantitative estimate of drug-likeness (QED) is 0.664. The average molecular weight is 428 g/mol. The summed E-state index contributed by atoms with van der Waals surface area (Å²) in [5.74, 6) is 1.23. The number of aromatic nitrogens is 2. The van der Waals surface area contributed by atoms with Gasteiger partial charge in [-0.05, 0) is 30.3 Å². The van der Waals surface area contributed by atoms with E-state index >= 15 is 0 Å².